The summed E-state index contributed by atoms with van der Waals surface area (Å²) in [5, 5.41) is 52.2. The third kappa shape index (κ3) is 3.02. The first-order valence-electron chi connectivity index (χ1n) is 3.48. The van der Waals surface area contributed by atoms with Crippen LogP contribution in [0.5, 0.6) is 0 Å². The molecular formula is C6H14O6. The summed E-state index contributed by atoms with van der Waals surface area (Å²) < 4.78 is 0. The Morgan fingerprint density at radius 3 is 1.08 bits per heavy atom. The van der Waals surface area contributed by atoms with Crippen LogP contribution in [0.15, 0.2) is 0 Å². The van der Waals surface area contributed by atoms with Gasteiger partial charge < -0.3 is 30.6 Å². The van der Waals surface area contributed by atoms with Gasteiger partial charge in [-0.15, -0.1) is 0 Å². The van der Waals surface area contributed by atoms with E-state index in [1.807, 2.05) is 0 Å². The van der Waals surface area contributed by atoms with E-state index in [4.69, 9.17) is 30.6 Å². The summed E-state index contributed by atoms with van der Waals surface area (Å²) in [6.07, 6.45) is -6.39. The molecule has 0 heterocycles. The fourth-order valence-corrected chi connectivity index (χ4v) is 0.671. The molecule has 0 saturated carbocycles. The molecule has 0 bridgehead atoms. The molecule has 0 spiro atoms. The van der Waals surface area contributed by atoms with E-state index in [-0.39, 0.29) is 0 Å². The molecule has 0 aliphatic carbocycles. The average Bonchev–Trinajstić information content (AvgIpc) is 2.12. The lowest BCUT2D eigenvalue weighted by atomic mass is 10.0. The second-order valence-electron chi connectivity index (χ2n) is 2.48. The van der Waals surface area contributed by atoms with Gasteiger partial charge in [-0.1, -0.05) is 0 Å². The van der Waals surface area contributed by atoms with E-state index in [0.29, 0.717) is 0 Å². The molecule has 0 aromatic carbocycles. The Hall–Kier alpha value is -0.240. The minimum atomic E-state index is -1.67. The number of hydrogen-bond acceptors (Lipinski definition) is 6. The molecule has 0 radical (unpaired) electrons. The van der Waals surface area contributed by atoms with Crippen molar-refractivity contribution < 1.29 is 30.6 Å². The van der Waals surface area contributed by atoms with E-state index in [9.17, 15) is 0 Å². The van der Waals surface area contributed by atoms with E-state index in [1.54, 1.807) is 0 Å². The standard InChI is InChI=1S/C6H14O6/c7-1-3(9)5(11)6(12)4(10)2-8/h3-12H,1-2H2/t3-,4?,5?,6?/m0/s1. The molecule has 0 aromatic rings. The normalized spacial score (nSPS) is 21.5. The predicted octanol–water partition coefficient (Wildman–Crippen LogP) is -3.59. The van der Waals surface area contributed by atoms with Gasteiger partial charge in [0, 0.05) is 0 Å². The van der Waals surface area contributed by atoms with Crippen molar-refractivity contribution in [3.8, 4) is 0 Å². The summed E-state index contributed by atoms with van der Waals surface area (Å²) in [4.78, 5) is 0. The summed E-state index contributed by atoms with van der Waals surface area (Å²) >= 11 is 0. The second-order valence-corrected chi connectivity index (χ2v) is 2.48. The third-order valence-corrected chi connectivity index (χ3v) is 1.51. The van der Waals surface area contributed by atoms with Crippen molar-refractivity contribution in [3.63, 3.8) is 0 Å². The zero-order valence-corrected chi connectivity index (χ0v) is 6.41. The van der Waals surface area contributed by atoms with Gasteiger partial charge in [-0.05, 0) is 0 Å². The topological polar surface area (TPSA) is 121 Å². The van der Waals surface area contributed by atoms with Crippen LogP contribution in [0.2, 0.25) is 0 Å². The van der Waals surface area contributed by atoms with E-state index in [1.165, 1.54) is 0 Å². The Labute approximate surface area is 69.3 Å². The highest BCUT2D eigenvalue weighted by molar-refractivity contribution is 4.79. The van der Waals surface area contributed by atoms with E-state index >= 15 is 0 Å². The van der Waals surface area contributed by atoms with Gasteiger partial charge in [-0.25, -0.2) is 0 Å². The number of aliphatic hydroxyl groups is 6. The molecular weight excluding hydrogens is 168 g/mol. The van der Waals surface area contributed by atoms with Gasteiger partial charge in [0.2, 0.25) is 0 Å². The first-order valence-corrected chi connectivity index (χ1v) is 3.48. The highest BCUT2D eigenvalue weighted by Gasteiger charge is 2.29. The van der Waals surface area contributed by atoms with Gasteiger partial charge in [-0.2, -0.15) is 0 Å². The Morgan fingerprint density at radius 2 is 0.917 bits per heavy atom. The fourth-order valence-electron chi connectivity index (χ4n) is 0.671. The van der Waals surface area contributed by atoms with Crippen LogP contribution < -0.4 is 0 Å². The molecule has 74 valence electrons. The zero-order valence-electron chi connectivity index (χ0n) is 6.41. The summed E-state index contributed by atoms with van der Waals surface area (Å²) in [6, 6.07) is 0. The fraction of sp³-hybridized carbons (Fsp3) is 1.00. The average molecular weight is 182 g/mol. The lowest BCUT2D eigenvalue weighted by Gasteiger charge is -2.24. The van der Waals surface area contributed by atoms with Gasteiger partial charge >= 0.3 is 0 Å². The van der Waals surface area contributed by atoms with Crippen molar-refractivity contribution in [2.24, 2.45) is 0 Å². The van der Waals surface area contributed by atoms with Crippen molar-refractivity contribution in [1.29, 1.82) is 0 Å². The summed E-state index contributed by atoms with van der Waals surface area (Å²) in [7, 11) is 0. The van der Waals surface area contributed by atoms with Crippen LogP contribution in [-0.2, 0) is 0 Å². The van der Waals surface area contributed by atoms with Crippen LogP contribution in [0.25, 0.3) is 0 Å². The third-order valence-electron chi connectivity index (χ3n) is 1.51. The number of aliphatic hydroxyl groups excluding tert-OH is 6. The van der Waals surface area contributed by atoms with Crippen molar-refractivity contribution in [2.45, 2.75) is 24.4 Å². The van der Waals surface area contributed by atoms with Crippen LogP contribution in [-0.4, -0.2) is 68.3 Å². The van der Waals surface area contributed by atoms with Gasteiger partial charge in [0.25, 0.3) is 0 Å². The molecule has 4 atom stereocenters. The summed E-state index contributed by atoms with van der Waals surface area (Å²) in [6.45, 7) is -1.45. The first-order chi connectivity index (χ1) is 5.54. The van der Waals surface area contributed by atoms with Crippen LogP contribution in [0, 0.1) is 0 Å². The van der Waals surface area contributed by atoms with Crippen molar-refractivity contribution >= 4 is 0 Å². The lowest BCUT2D eigenvalue weighted by molar-refractivity contribution is -0.123. The van der Waals surface area contributed by atoms with E-state index < -0.39 is 37.6 Å². The smallest absolute Gasteiger partial charge is 0.111 e. The molecule has 0 saturated heterocycles. The first kappa shape index (κ1) is 11.8. The molecule has 6 N–H and O–H groups in total. The second kappa shape index (κ2) is 5.41. The van der Waals surface area contributed by atoms with Crippen molar-refractivity contribution in [2.75, 3.05) is 13.2 Å². The van der Waals surface area contributed by atoms with E-state index in [2.05, 4.69) is 0 Å². The largest absolute Gasteiger partial charge is 0.394 e. The molecule has 0 aliphatic rings. The maximum Gasteiger partial charge on any atom is 0.111 e. The molecule has 0 aromatic heterocycles. The summed E-state index contributed by atoms with van der Waals surface area (Å²) in [5.41, 5.74) is 0. The molecule has 0 rings (SSSR count). The Kier molecular flexibility index (Phi) is 5.31. The molecule has 0 fully saturated rings. The minimum Gasteiger partial charge on any atom is -0.394 e. The Balaban J connectivity index is 3.99. The van der Waals surface area contributed by atoms with E-state index in [0.717, 1.165) is 0 Å². The van der Waals surface area contributed by atoms with Crippen LogP contribution in [0.4, 0.5) is 0 Å². The molecule has 12 heavy (non-hydrogen) atoms. The van der Waals surface area contributed by atoms with Crippen LogP contribution in [0.3, 0.4) is 0 Å². The zero-order chi connectivity index (χ0) is 9.72. The van der Waals surface area contributed by atoms with Crippen molar-refractivity contribution in [1.82, 2.24) is 0 Å². The Bertz CT molecular complexity index is 105. The quantitative estimate of drug-likeness (QED) is 0.261. The highest BCUT2D eigenvalue weighted by atomic mass is 16.4. The van der Waals surface area contributed by atoms with Gasteiger partial charge in [-0.3, -0.25) is 0 Å². The predicted molar refractivity (Wildman–Crippen MR) is 38.2 cm³/mol. The highest BCUT2D eigenvalue weighted by Crippen LogP contribution is 2.03. The minimum absolute atomic E-state index is 0.726. The van der Waals surface area contributed by atoms with Crippen LogP contribution in [0.1, 0.15) is 0 Å². The van der Waals surface area contributed by atoms with Gasteiger partial charge in [0.1, 0.15) is 24.4 Å². The molecule has 0 aliphatic heterocycles. The van der Waals surface area contributed by atoms with Gasteiger partial charge in [0.05, 0.1) is 13.2 Å². The maximum atomic E-state index is 8.96. The number of rotatable bonds is 5. The molecule has 6 nitrogen and oxygen atoms in total. The molecule has 6 heteroatoms. The lowest BCUT2D eigenvalue weighted by Crippen LogP contribution is -2.46. The SMILES string of the molecule is OCC(O)C(O)C(O)[C@@H](O)CO. The van der Waals surface area contributed by atoms with Crippen molar-refractivity contribution in [3.05, 3.63) is 0 Å². The monoisotopic (exact) mass is 182 g/mol. The van der Waals surface area contributed by atoms with Crippen LogP contribution >= 0.6 is 0 Å². The molecule has 0 amide bonds. The molecule has 3 unspecified atom stereocenters. The number of hydrogen-bond donors (Lipinski definition) is 6. The maximum absolute atomic E-state index is 8.96. The Morgan fingerprint density at radius 1 is 0.667 bits per heavy atom. The summed E-state index contributed by atoms with van der Waals surface area (Å²) in [5.74, 6) is 0. The van der Waals surface area contributed by atoms with Gasteiger partial charge in [0.15, 0.2) is 0 Å².